The molecule has 0 saturated carbocycles. The predicted molar refractivity (Wildman–Crippen MR) is 71.6 cm³/mol. The fourth-order valence-corrected chi connectivity index (χ4v) is 1.94. The standard InChI is InChI=1S/C14H24N2/c1-3-10-16(11-4-2)12-9-13-5-7-14(15)8-6-13/h5-8H,3-4,9-12,15H2,1-2H3. The van der Waals surface area contributed by atoms with E-state index in [1.54, 1.807) is 0 Å². The van der Waals surface area contributed by atoms with Crippen molar-refractivity contribution in [1.82, 2.24) is 4.90 Å². The third-order valence-corrected chi connectivity index (χ3v) is 2.78. The molecule has 0 spiro atoms. The fourth-order valence-electron chi connectivity index (χ4n) is 1.94. The third kappa shape index (κ3) is 4.67. The highest BCUT2D eigenvalue weighted by atomic mass is 15.1. The first-order chi connectivity index (χ1) is 7.76. The van der Waals surface area contributed by atoms with Crippen LogP contribution < -0.4 is 5.73 Å². The molecule has 0 aliphatic heterocycles. The molecule has 0 amide bonds. The van der Waals surface area contributed by atoms with Crippen molar-refractivity contribution in [1.29, 1.82) is 0 Å². The Balaban J connectivity index is 2.38. The van der Waals surface area contributed by atoms with Gasteiger partial charge >= 0.3 is 0 Å². The summed E-state index contributed by atoms with van der Waals surface area (Å²) >= 11 is 0. The molecule has 90 valence electrons. The molecule has 1 aromatic carbocycles. The van der Waals surface area contributed by atoms with Crippen LogP contribution in [0.2, 0.25) is 0 Å². The Hall–Kier alpha value is -1.02. The maximum Gasteiger partial charge on any atom is 0.0314 e. The minimum atomic E-state index is 0.850. The largest absolute Gasteiger partial charge is 0.399 e. The van der Waals surface area contributed by atoms with Gasteiger partial charge in [-0.2, -0.15) is 0 Å². The molecule has 16 heavy (non-hydrogen) atoms. The molecular weight excluding hydrogens is 196 g/mol. The van der Waals surface area contributed by atoms with Gasteiger partial charge < -0.3 is 10.6 Å². The first-order valence-corrected chi connectivity index (χ1v) is 6.33. The number of nitrogens with zero attached hydrogens (tertiary/aromatic N) is 1. The Bertz CT molecular complexity index is 273. The molecule has 0 radical (unpaired) electrons. The molecule has 1 aromatic rings. The van der Waals surface area contributed by atoms with Crippen molar-refractivity contribution in [3.05, 3.63) is 29.8 Å². The van der Waals surface area contributed by atoms with Crippen molar-refractivity contribution in [2.75, 3.05) is 25.4 Å². The van der Waals surface area contributed by atoms with Crippen LogP contribution in [0.5, 0.6) is 0 Å². The molecule has 0 heterocycles. The molecule has 2 N–H and O–H groups in total. The van der Waals surface area contributed by atoms with Crippen LogP contribution in [0.3, 0.4) is 0 Å². The Morgan fingerprint density at radius 2 is 1.50 bits per heavy atom. The van der Waals surface area contributed by atoms with E-state index in [0.29, 0.717) is 0 Å². The molecule has 0 unspecified atom stereocenters. The van der Waals surface area contributed by atoms with E-state index in [2.05, 4.69) is 30.9 Å². The van der Waals surface area contributed by atoms with Crippen molar-refractivity contribution in [2.45, 2.75) is 33.1 Å². The molecule has 0 aromatic heterocycles. The van der Waals surface area contributed by atoms with E-state index >= 15 is 0 Å². The number of rotatable bonds is 7. The van der Waals surface area contributed by atoms with Crippen molar-refractivity contribution in [3.63, 3.8) is 0 Å². The minimum Gasteiger partial charge on any atom is -0.399 e. The van der Waals surface area contributed by atoms with Gasteiger partial charge in [-0.3, -0.25) is 0 Å². The van der Waals surface area contributed by atoms with Crippen LogP contribution in [0, 0.1) is 0 Å². The Kier molecular flexibility index (Phi) is 5.94. The van der Waals surface area contributed by atoms with E-state index in [9.17, 15) is 0 Å². The van der Waals surface area contributed by atoms with Crippen LogP contribution in [0.4, 0.5) is 5.69 Å². The van der Waals surface area contributed by atoms with Crippen molar-refractivity contribution >= 4 is 5.69 Å². The van der Waals surface area contributed by atoms with Crippen LogP contribution in [-0.4, -0.2) is 24.5 Å². The minimum absolute atomic E-state index is 0.850. The molecule has 0 bridgehead atoms. The summed E-state index contributed by atoms with van der Waals surface area (Å²) in [5.41, 5.74) is 7.90. The lowest BCUT2D eigenvalue weighted by molar-refractivity contribution is 0.278. The lowest BCUT2D eigenvalue weighted by Gasteiger charge is -2.20. The summed E-state index contributed by atoms with van der Waals surface area (Å²) in [6.07, 6.45) is 3.60. The van der Waals surface area contributed by atoms with Crippen LogP contribution in [0.15, 0.2) is 24.3 Å². The van der Waals surface area contributed by atoms with E-state index in [1.165, 1.54) is 31.5 Å². The number of hydrogen-bond donors (Lipinski definition) is 1. The summed E-state index contributed by atoms with van der Waals surface area (Å²) < 4.78 is 0. The third-order valence-electron chi connectivity index (χ3n) is 2.78. The fraction of sp³-hybridized carbons (Fsp3) is 0.571. The van der Waals surface area contributed by atoms with Gasteiger partial charge in [0, 0.05) is 12.2 Å². The van der Waals surface area contributed by atoms with Crippen molar-refractivity contribution < 1.29 is 0 Å². The summed E-state index contributed by atoms with van der Waals surface area (Å²) in [7, 11) is 0. The average Bonchev–Trinajstić information content (AvgIpc) is 2.29. The van der Waals surface area contributed by atoms with Crippen LogP contribution in [0.25, 0.3) is 0 Å². The summed E-state index contributed by atoms with van der Waals surface area (Å²) in [6.45, 7) is 8.06. The van der Waals surface area contributed by atoms with Crippen LogP contribution in [-0.2, 0) is 6.42 Å². The summed E-state index contributed by atoms with van der Waals surface area (Å²) in [5.74, 6) is 0. The summed E-state index contributed by atoms with van der Waals surface area (Å²) in [5, 5.41) is 0. The second kappa shape index (κ2) is 7.29. The smallest absolute Gasteiger partial charge is 0.0314 e. The van der Waals surface area contributed by atoms with E-state index in [-0.39, 0.29) is 0 Å². The highest BCUT2D eigenvalue weighted by molar-refractivity contribution is 5.39. The molecular formula is C14H24N2. The Morgan fingerprint density at radius 1 is 0.938 bits per heavy atom. The van der Waals surface area contributed by atoms with Gasteiger partial charge in [0.2, 0.25) is 0 Å². The topological polar surface area (TPSA) is 29.3 Å². The number of anilines is 1. The zero-order valence-corrected chi connectivity index (χ0v) is 10.6. The first-order valence-electron chi connectivity index (χ1n) is 6.33. The van der Waals surface area contributed by atoms with Gasteiger partial charge in [-0.1, -0.05) is 26.0 Å². The number of hydrogen-bond acceptors (Lipinski definition) is 2. The lowest BCUT2D eigenvalue weighted by Crippen LogP contribution is -2.27. The van der Waals surface area contributed by atoms with Crippen LogP contribution in [0.1, 0.15) is 32.3 Å². The predicted octanol–water partition coefficient (Wildman–Crippen LogP) is 2.93. The maximum absolute atomic E-state index is 5.67. The maximum atomic E-state index is 5.67. The average molecular weight is 220 g/mol. The second-order valence-corrected chi connectivity index (χ2v) is 4.33. The molecule has 1 rings (SSSR count). The van der Waals surface area contributed by atoms with Gasteiger partial charge in [-0.05, 0) is 50.0 Å². The molecule has 0 saturated heterocycles. The van der Waals surface area contributed by atoms with E-state index in [4.69, 9.17) is 5.73 Å². The van der Waals surface area contributed by atoms with E-state index in [0.717, 1.165) is 18.7 Å². The SMILES string of the molecule is CCCN(CCC)CCc1ccc(N)cc1. The molecule has 0 aliphatic carbocycles. The van der Waals surface area contributed by atoms with Crippen LogP contribution >= 0.6 is 0 Å². The van der Waals surface area contributed by atoms with Gasteiger partial charge in [-0.15, -0.1) is 0 Å². The van der Waals surface area contributed by atoms with Gasteiger partial charge in [0.1, 0.15) is 0 Å². The zero-order valence-electron chi connectivity index (χ0n) is 10.6. The number of nitrogen functional groups attached to an aromatic ring is 1. The van der Waals surface area contributed by atoms with Gasteiger partial charge in [-0.25, -0.2) is 0 Å². The second-order valence-electron chi connectivity index (χ2n) is 4.33. The van der Waals surface area contributed by atoms with Crippen molar-refractivity contribution in [2.24, 2.45) is 0 Å². The molecule has 2 nitrogen and oxygen atoms in total. The number of benzene rings is 1. The molecule has 0 aliphatic rings. The Morgan fingerprint density at radius 3 is 2.00 bits per heavy atom. The van der Waals surface area contributed by atoms with E-state index < -0.39 is 0 Å². The highest BCUT2D eigenvalue weighted by Crippen LogP contribution is 2.07. The monoisotopic (exact) mass is 220 g/mol. The highest BCUT2D eigenvalue weighted by Gasteiger charge is 2.02. The zero-order chi connectivity index (χ0) is 11.8. The molecule has 0 atom stereocenters. The van der Waals surface area contributed by atoms with Gasteiger partial charge in [0.15, 0.2) is 0 Å². The first kappa shape index (κ1) is 13.0. The summed E-state index contributed by atoms with van der Waals surface area (Å²) in [4.78, 5) is 2.54. The molecule has 0 fully saturated rings. The quantitative estimate of drug-likeness (QED) is 0.716. The normalized spacial score (nSPS) is 10.9. The van der Waals surface area contributed by atoms with E-state index in [1.807, 2.05) is 12.1 Å². The van der Waals surface area contributed by atoms with Crippen molar-refractivity contribution in [3.8, 4) is 0 Å². The van der Waals surface area contributed by atoms with Gasteiger partial charge in [0.25, 0.3) is 0 Å². The summed E-state index contributed by atoms with van der Waals surface area (Å²) in [6, 6.07) is 8.23. The molecule has 2 heteroatoms. The Labute approximate surface area is 99.5 Å². The lowest BCUT2D eigenvalue weighted by atomic mass is 10.1. The van der Waals surface area contributed by atoms with Gasteiger partial charge in [0.05, 0.1) is 0 Å². The number of nitrogens with two attached hydrogens (primary N) is 1.